The van der Waals surface area contributed by atoms with Crippen molar-refractivity contribution < 1.29 is 14.8 Å². The van der Waals surface area contributed by atoms with E-state index in [0.717, 1.165) is 18.3 Å². The highest BCUT2D eigenvalue weighted by Gasteiger charge is 2.19. The van der Waals surface area contributed by atoms with Crippen LogP contribution in [0.5, 0.6) is 5.75 Å². The summed E-state index contributed by atoms with van der Waals surface area (Å²) in [5.74, 6) is 0.768. The number of ether oxygens (including phenoxy) is 1. The smallest absolute Gasteiger partial charge is 0.488 e. The van der Waals surface area contributed by atoms with E-state index in [1.165, 1.54) is 25.7 Å². The third-order valence-electron chi connectivity index (χ3n) is 3.84. The molecule has 0 atom stereocenters. The Hall–Kier alpha value is -1.04. The van der Waals surface area contributed by atoms with E-state index in [1.54, 1.807) is 24.3 Å². The van der Waals surface area contributed by atoms with Crippen LogP contribution in [0.15, 0.2) is 24.3 Å². The van der Waals surface area contributed by atoms with Gasteiger partial charge >= 0.3 is 7.12 Å². The Labute approximate surface area is 115 Å². The molecule has 0 aromatic heterocycles. The Kier molecular flexibility index (Phi) is 5.25. The number of nitrogens with zero attached hydrogens (tertiary/aromatic N) is 1. The summed E-state index contributed by atoms with van der Waals surface area (Å²) < 4.78 is 5.67. The number of hydrogen-bond donors (Lipinski definition) is 2. The molecule has 5 heteroatoms. The molecule has 1 aliphatic carbocycles. The molecule has 0 spiro atoms. The Balaban J connectivity index is 1.72. The van der Waals surface area contributed by atoms with Crippen molar-refractivity contribution in [1.82, 2.24) is 4.90 Å². The predicted molar refractivity (Wildman–Crippen MR) is 76.6 cm³/mol. The fourth-order valence-corrected chi connectivity index (χ4v) is 2.57. The van der Waals surface area contributed by atoms with Crippen molar-refractivity contribution >= 4 is 12.6 Å². The monoisotopic (exact) mass is 263 g/mol. The fourth-order valence-electron chi connectivity index (χ4n) is 2.57. The average Bonchev–Trinajstić information content (AvgIpc) is 2.93. The second kappa shape index (κ2) is 6.94. The van der Waals surface area contributed by atoms with Crippen LogP contribution in [-0.4, -0.2) is 48.3 Å². The number of rotatable bonds is 6. The van der Waals surface area contributed by atoms with Gasteiger partial charge in [0.25, 0.3) is 0 Å². The lowest BCUT2D eigenvalue weighted by molar-refractivity contribution is 0.193. The summed E-state index contributed by atoms with van der Waals surface area (Å²) in [6.07, 6.45) is 5.31. The Morgan fingerprint density at radius 1 is 1.21 bits per heavy atom. The molecule has 1 aliphatic rings. The minimum Gasteiger partial charge on any atom is -0.492 e. The van der Waals surface area contributed by atoms with Gasteiger partial charge in [0.15, 0.2) is 0 Å². The van der Waals surface area contributed by atoms with Crippen molar-refractivity contribution in [2.24, 2.45) is 0 Å². The molecule has 1 fully saturated rings. The highest BCUT2D eigenvalue weighted by molar-refractivity contribution is 6.58. The highest BCUT2D eigenvalue weighted by Crippen LogP contribution is 2.22. The molecular weight excluding hydrogens is 241 g/mol. The molecule has 19 heavy (non-hydrogen) atoms. The maximum atomic E-state index is 8.99. The molecule has 1 aromatic carbocycles. The van der Waals surface area contributed by atoms with Gasteiger partial charge in [-0.15, -0.1) is 0 Å². The summed E-state index contributed by atoms with van der Waals surface area (Å²) in [5.41, 5.74) is 0.482. The summed E-state index contributed by atoms with van der Waals surface area (Å²) in [6, 6.07) is 7.59. The zero-order valence-corrected chi connectivity index (χ0v) is 11.5. The lowest BCUT2D eigenvalue weighted by Gasteiger charge is -2.23. The van der Waals surface area contributed by atoms with Gasteiger partial charge in [-0.05, 0) is 37.5 Å². The molecule has 0 radical (unpaired) electrons. The van der Waals surface area contributed by atoms with Gasteiger partial charge in [0.1, 0.15) is 12.4 Å². The minimum atomic E-state index is -1.41. The summed E-state index contributed by atoms with van der Waals surface area (Å²) in [5, 5.41) is 18.0. The minimum absolute atomic E-state index is 0.482. The van der Waals surface area contributed by atoms with E-state index in [9.17, 15) is 0 Å². The van der Waals surface area contributed by atoms with Crippen molar-refractivity contribution in [3.63, 3.8) is 0 Å². The Bertz CT molecular complexity index is 377. The highest BCUT2D eigenvalue weighted by atomic mass is 16.5. The molecule has 0 amide bonds. The molecule has 0 aliphatic heterocycles. The second-order valence-corrected chi connectivity index (χ2v) is 5.21. The predicted octanol–water partition coefficient (Wildman–Crippen LogP) is 0.620. The first-order valence-corrected chi connectivity index (χ1v) is 6.96. The van der Waals surface area contributed by atoms with Crippen LogP contribution in [0, 0.1) is 0 Å². The third kappa shape index (κ3) is 4.23. The number of benzene rings is 1. The third-order valence-corrected chi connectivity index (χ3v) is 3.84. The normalized spacial score (nSPS) is 16.0. The number of likely N-dealkylation sites (N-methyl/N-ethyl adjacent to an activating group) is 1. The van der Waals surface area contributed by atoms with Gasteiger partial charge in [-0.1, -0.05) is 25.0 Å². The topological polar surface area (TPSA) is 52.9 Å². The van der Waals surface area contributed by atoms with Gasteiger partial charge in [-0.25, -0.2) is 0 Å². The van der Waals surface area contributed by atoms with Gasteiger partial charge in [-0.3, -0.25) is 0 Å². The van der Waals surface area contributed by atoms with Crippen LogP contribution in [-0.2, 0) is 0 Å². The average molecular weight is 263 g/mol. The molecule has 2 rings (SSSR count). The first-order chi connectivity index (χ1) is 9.16. The van der Waals surface area contributed by atoms with E-state index < -0.39 is 7.12 Å². The van der Waals surface area contributed by atoms with Crippen LogP contribution in [0.1, 0.15) is 25.7 Å². The van der Waals surface area contributed by atoms with E-state index in [0.29, 0.717) is 12.1 Å². The largest absolute Gasteiger partial charge is 0.492 e. The number of hydrogen-bond acceptors (Lipinski definition) is 4. The lowest BCUT2D eigenvalue weighted by Crippen LogP contribution is -2.33. The fraction of sp³-hybridized carbons (Fsp3) is 0.571. The maximum absolute atomic E-state index is 8.99. The summed E-state index contributed by atoms with van der Waals surface area (Å²) in [4.78, 5) is 2.37. The molecule has 0 unspecified atom stereocenters. The molecule has 1 aromatic rings. The SMILES string of the molecule is CN(CCOc1ccc(B(O)O)cc1)C1CCCC1. The molecule has 4 nitrogen and oxygen atoms in total. The van der Waals surface area contributed by atoms with Gasteiger partial charge in [-0.2, -0.15) is 0 Å². The van der Waals surface area contributed by atoms with Crippen molar-refractivity contribution in [2.45, 2.75) is 31.7 Å². The summed E-state index contributed by atoms with van der Waals surface area (Å²) in [7, 11) is 0.743. The summed E-state index contributed by atoms with van der Waals surface area (Å²) >= 11 is 0. The van der Waals surface area contributed by atoms with E-state index in [4.69, 9.17) is 14.8 Å². The zero-order valence-electron chi connectivity index (χ0n) is 11.5. The van der Waals surface area contributed by atoms with Crippen LogP contribution in [0.2, 0.25) is 0 Å². The first-order valence-electron chi connectivity index (χ1n) is 6.96. The Morgan fingerprint density at radius 3 is 2.42 bits per heavy atom. The van der Waals surface area contributed by atoms with Crippen molar-refractivity contribution in [2.75, 3.05) is 20.2 Å². The summed E-state index contributed by atoms with van der Waals surface area (Å²) in [6.45, 7) is 1.59. The quantitative estimate of drug-likeness (QED) is 0.739. The van der Waals surface area contributed by atoms with Crippen molar-refractivity contribution in [3.05, 3.63) is 24.3 Å². The van der Waals surface area contributed by atoms with Crippen LogP contribution in [0.4, 0.5) is 0 Å². The molecule has 0 bridgehead atoms. The van der Waals surface area contributed by atoms with Crippen LogP contribution in [0.3, 0.4) is 0 Å². The maximum Gasteiger partial charge on any atom is 0.488 e. The van der Waals surface area contributed by atoms with Gasteiger partial charge in [0, 0.05) is 12.6 Å². The van der Waals surface area contributed by atoms with E-state index in [-0.39, 0.29) is 0 Å². The molecule has 0 saturated heterocycles. The Morgan fingerprint density at radius 2 is 1.84 bits per heavy atom. The second-order valence-electron chi connectivity index (χ2n) is 5.21. The zero-order chi connectivity index (χ0) is 13.7. The molecular formula is C14H22BNO3. The molecule has 1 saturated carbocycles. The lowest BCUT2D eigenvalue weighted by atomic mass is 9.80. The van der Waals surface area contributed by atoms with Crippen molar-refractivity contribution in [1.29, 1.82) is 0 Å². The first kappa shape index (κ1) is 14.4. The molecule has 0 heterocycles. The van der Waals surface area contributed by atoms with Crippen LogP contribution in [0.25, 0.3) is 0 Å². The van der Waals surface area contributed by atoms with Gasteiger partial charge < -0.3 is 19.7 Å². The van der Waals surface area contributed by atoms with Crippen LogP contribution >= 0.6 is 0 Å². The standard InChI is InChI=1S/C14H22BNO3/c1-16(13-4-2-3-5-13)10-11-19-14-8-6-12(7-9-14)15(17)18/h6-9,13,17-18H,2-5,10-11H2,1H3. The molecule has 2 N–H and O–H groups in total. The van der Waals surface area contributed by atoms with Gasteiger partial charge in [0.05, 0.1) is 0 Å². The van der Waals surface area contributed by atoms with Gasteiger partial charge in [0.2, 0.25) is 0 Å². The van der Waals surface area contributed by atoms with E-state index in [1.807, 2.05) is 0 Å². The van der Waals surface area contributed by atoms with Crippen molar-refractivity contribution in [3.8, 4) is 5.75 Å². The molecule has 104 valence electrons. The van der Waals surface area contributed by atoms with E-state index >= 15 is 0 Å². The van der Waals surface area contributed by atoms with Crippen LogP contribution < -0.4 is 10.2 Å². The van der Waals surface area contributed by atoms with E-state index in [2.05, 4.69) is 11.9 Å².